The Hall–Kier alpha value is -6.01. The number of halogens is 2. The fraction of sp³-hybridized carbons (Fsp3) is 0.385. The molecule has 0 unspecified atom stereocenters. The highest BCUT2D eigenvalue weighted by atomic mass is 32.2. The van der Waals surface area contributed by atoms with E-state index in [-0.39, 0.29) is 54.5 Å². The van der Waals surface area contributed by atoms with Gasteiger partial charge >= 0.3 is 20.4 Å². The van der Waals surface area contributed by atoms with Gasteiger partial charge < -0.3 is 39.9 Å². The number of benzene rings is 5. The van der Waals surface area contributed by atoms with Crippen LogP contribution in [0.4, 0.5) is 29.7 Å². The number of urea groups is 1. The molecule has 0 spiro atoms. The van der Waals surface area contributed by atoms with E-state index in [1.807, 2.05) is 84.9 Å². The SMILES string of the molecule is CC(C)(C)OC(=O)N(c1cc(OC[C@@H](O)CNCCc2ccc(NC3CCN(C(=O)NCc4cc(F)ccc4F)CC3)cc2)ccc1O[Si](c1ccccc1)(c1ccccc1)C(C)(C)C)S(C)(=O)=O. The number of hydrogen-bond donors (Lipinski definition) is 4. The molecule has 5 aromatic carbocycles. The zero-order chi connectivity index (χ0) is 50.0. The minimum absolute atomic E-state index is 0.0872. The van der Waals surface area contributed by atoms with Gasteiger partial charge in [-0.15, -0.1) is 0 Å². The van der Waals surface area contributed by atoms with Crippen molar-refractivity contribution in [2.24, 2.45) is 0 Å². The van der Waals surface area contributed by atoms with Crippen LogP contribution >= 0.6 is 0 Å². The quantitative estimate of drug-likeness (QED) is 0.0502. The van der Waals surface area contributed by atoms with Crippen LogP contribution in [0.5, 0.6) is 11.5 Å². The molecule has 69 heavy (non-hydrogen) atoms. The number of rotatable bonds is 18. The van der Waals surface area contributed by atoms with Crippen molar-refractivity contribution in [3.05, 3.63) is 144 Å². The van der Waals surface area contributed by atoms with Crippen LogP contribution in [-0.4, -0.2) is 95.7 Å². The van der Waals surface area contributed by atoms with E-state index in [9.17, 15) is 31.9 Å². The first-order valence-corrected chi connectivity index (χ1v) is 26.9. The number of sulfonamides is 1. The van der Waals surface area contributed by atoms with Crippen LogP contribution in [-0.2, 0) is 27.7 Å². The third kappa shape index (κ3) is 14.1. The van der Waals surface area contributed by atoms with Gasteiger partial charge in [0.2, 0.25) is 10.0 Å². The predicted octanol–water partition coefficient (Wildman–Crippen LogP) is 7.96. The average molecular weight is 986 g/mol. The summed E-state index contributed by atoms with van der Waals surface area (Å²) in [5.74, 6) is -0.778. The van der Waals surface area contributed by atoms with Gasteiger partial charge in [0.05, 0.1) is 6.26 Å². The lowest BCUT2D eigenvalue weighted by Gasteiger charge is -2.43. The molecule has 370 valence electrons. The van der Waals surface area contributed by atoms with Gasteiger partial charge in [-0.3, -0.25) is 0 Å². The molecule has 0 aromatic heterocycles. The molecule has 1 saturated heterocycles. The van der Waals surface area contributed by atoms with Gasteiger partial charge in [-0.1, -0.05) is 93.6 Å². The second-order valence-corrected chi connectivity index (χ2v) is 25.4. The van der Waals surface area contributed by atoms with Crippen molar-refractivity contribution in [2.45, 2.75) is 90.1 Å². The lowest BCUT2D eigenvalue weighted by Crippen LogP contribution is -2.69. The molecule has 0 saturated carbocycles. The molecule has 17 heteroatoms. The maximum Gasteiger partial charge on any atom is 0.429 e. The molecule has 13 nitrogen and oxygen atoms in total. The van der Waals surface area contributed by atoms with Gasteiger partial charge in [0, 0.05) is 49.5 Å². The van der Waals surface area contributed by atoms with Gasteiger partial charge in [-0.25, -0.2) is 26.8 Å². The molecule has 1 fully saturated rings. The van der Waals surface area contributed by atoms with Gasteiger partial charge in [0.1, 0.15) is 47.1 Å². The smallest absolute Gasteiger partial charge is 0.429 e. The first-order valence-electron chi connectivity index (χ1n) is 23.1. The molecule has 6 rings (SSSR count). The topological polar surface area (TPSA) is 159 Å². The molecule has 3 amide bonds. The van der Waals surface area contributed by atoms with Crippen molar-refractivity contribution in [3.63, 3.8) is 0 Å². The molecule has 0 aliphatic carbocycles. The maximum absolute atomic E-state index is 14.0. The number of hydrogen-bond acceptors (Lipinski definition) is 10. The molecular weight excluding hydrogens is 921 g/mol. The van der Waals surface area contributed by atoms with E-state index in [0.29, 0.717) is 30.4 Å². The summed E-state index contributed by atoms with van der Waals surface area (Å²) < 4.78 is 74.2. The van der Waals surface area contributed by atoms with Crippen LogP contribution in [0, 0.1) is 11.6 Å². The van der Waals surface area contributed by atoms with Gasteiger partial charge in [0.25, 0.3) is 0 Å². The third-order valence-electron chi connectivity index (χ3n) is 11.7. The number of ether oxygens (including phenoxy) is 2. The van der Waals surface area contributed by atoms with E-state index in [4.69, 9.17) is 13.9 Å². The van der Waals surface area contributed by atoms with Crippen LogP contribution in [0.25, 0.3) is 0 Å². The number of carbonyl (C=O) groups excluding carboxylic acids is 2. The van der Waals surface area contributed by atoms with Crippen molar-refractivity contribution in [1.29, 1.82) is 0 Å². The molecule has 1 aliphatic heterocycles. The van der Waals surface area contributed by atoms with Crippen molar-refractivity contribution >= 4 is 52.2 Å². The normalized spacial score (nSPS) is 14.1. The summed E-state index contributed by atoms with van der Waals surface area (Å²) in [5, 5.41) is 21.9. The number of nitrogens with zero attached hydrogens (tertiary/aromatic N) is 2. The maximum atomic E-state index is 14.0. The van der Waals surface area contributed by atoms with E-state index < -0.39 is 52.8 Å². The number of piperidine rings is 1. The van der Waals surface area contributed by atoms with Crippen molar-refractivity contribution in [1.82, 2.24) is 15.5 Å². The van der Waals surface area contributed by atoms with Gasteiger partial charge in [-0.2, -0.15) is 4.31 Å². The fourth-order valence-corrected chi connectivity index (χ4v) is 13.5. The third-order valence-corrected chi connectivity index (χ3v) is 17.6. The second kappa shape index (κ2) is 22.6. The fourth-order valence-electron chi connectivity index (χ4n) is 8.31. The first kappa shape index (κ1) is 52.4. The Morgan fingerprint density at radius 2 is 1.48 bits per heavy atom. The highest BCUT2D eigenvalue weighted by molar-refractivity contribution is 7.92. The molecule has 1 heterocycles. The number of amides is 3. The largest absolute Gasteiger partial charge is 0.533 e. The van der Waals surface area contributed by atoms with Crippen molar-refractivity contribution in [3.8, 4) is 11.5 Å². The zero-order valence-electron chi connectivity index (χ0n) is 40.4. The standard InChI is InChI=1S/C52H65F2N5O8SSi/c1-51(2,3)66-50(62)59(68(7,63)64)47-33-43(23-25-48(47)67-69(52(4,5)6,44-14-10-8-11-15-44)45-16-12-9-13-17-45)65-36-42(60)35-55-29-26-37-18-21-40(22-19-37)57-41-27-30-58(31-28-41)49(61)56-34-38-32-39(53)20-24-46(38)54/h8-25,32-33,41-42,55,57,60H,26-31,34-36H2,1-7H3,(H,56,61)/t42-/m0/s1. The molecule has 1 aliphatic rings. The number of nitrogens with one attached hydrogen (secondary N) is 3. The van der Waals surface area contributed by atoms with Crippen molar-refractivity contribution < 1.29 is 45.8 Å². The van der Waals surface area contributed by atoms with E-state index in [1.165, 1.54) is 6.07 Å². The highest BCUT2D eigenvalue weighted by Gasteiger charge is 2.53. The Bertz CT molecular complexity index is 2570. The lowest BCUT2D eigenvalue weighted by atomic mass is 10.0. The van der Waals surface area contributed by atoms with Crippen LogP contribution < -0.4 is 39.8 Å². The van der Waals surface area contributed by atoms with Gasteiger partial charge in [-0.05, 0) is 110 Å². The summed E-state index contributed by atoms with van der Waals surface area (Å²) >= 11 is 0. The Labute approximate surface area is 406 Å². The van der Waals surface area contributed by atoms with E-state index >= 15 is 0 Å². The number of likely N-dealkylation sites (tertiary alicyclic amines) is 1. The van der Waals surface area contributed by atoms with Crippen molar-refractivity contribution in [2.75, 3.05) is 48.7 Å². The van der Waals surface area contributed by atoms with Crippen LogP contribution in [0.1, 0.15) is 65.5 Å². The Kier molecular flexibility index (Phi) is 17.2. The number of aliphatic hydroxyl groups is 1. The minimum atomic E-state index is -4.30. The van der Waals surface area contributed by atoms with Gasteiger partial charge in [0.15, 0.2) is 0 Å². The van der Waals surface area contributed by atoms with E-state index in [0.717, 1.165) is 58.9 Å². The monoisotopic (exact) mass is 985 g/mol. The second-order valence-electron chi connectivity index (χ2n) is 19.3. The molecule has 0 bridgehead atoms. The summed E-state index contributed by atoms with van der Waals surface area (Å²) in [6.07, 6.45) is 1.05. The van der Waals surface area contributed by atoms with E-state index in [2.05, 4.69) is 36.7 Å². The number of carbonyl (C=O) groups is 2. The zero-order valence-corrected chi connectivity index (χ0v) is 42.2. The minimum Gasteiger partial charge on any atom is -0.533 e. The molecule has 4 N–H and O–H groups in total. The first-order chi connectivity index (χ1) is 32.6. The lowest BCUT2D eigenvalue weighted by molar-refractivity contribution is 0.0608. The van der Waals surface area contributed by atoms with Crippen LogP contribution in [0.15, 0.2) is 121 Å². The number of aliphatic hydroxyl groups excluding tert-OH is 1. The Morgan fingerprint density at radius 3 is 2.06 bits per heavy atom. The average Bonchev–Trinajstić information content (AvgIpc) is 3.29. The summed E-state index contributed by atoms with van der Waals surface area (Å²) in [6, 6.07) is 35.5. The Balaban J connectivity index is 1.06. The number of anilines is 2. The summed E-state index contributed by atoms with van der Waals surface area (Å²) in [7, 11) is -7.63. The summed E-state index contributed by atoms with van der Waals surface area (Å²) in [6.45, 7) is 12.9. The van der Waals surface area contributed by atoms with E-state index in [1.54, 1.807) is 37.8 Å². The summed E-state index contributed by atoms with van der Waals surface area (Å²) in [5.41, 5.74) is 1.04. The molecule has 1 atom stereocenters. The Morgan fingerprint density at radius 1 is 0.855 bits per heavy atom. The molecule has 0 radical (unpaired) electrons. The molecular formula is C52H65F2N5O8SSi. The summed E-state index contributed by atoms with van der Waals surface area (Å²) in [4.78, 5) is 28.2. The predicted molar refractivity (Wildman–Crippen MR) is 270 cm³/mol. The van der Waals surface area contributed by atoms with Crippen LogP contribution in [0.2, 0.25) is 5.04 Å². The van der Waals surface area contributed by atoms with Crippen LogP contribution in [0.3, 0.4) is 0 Å². The molecule has 5 aromatic rings. The highest BCUT2D eigenvalue weighted by Crippen LogP contribution is 2.42.